The highest BCUT2D eigenvalue weighted by Gasteiger charge is 1.96. The highest BCUT2D eigenvalue weighted by molar-refractivity contribution is 5.44. The zero-order valence-electron chi connectivity index (χ0n) is 14.3. The molecule has 0 atom stereocenters. The van der Waals surface area contributed by atoms with Crippen LogP contribution in [0.25, 0.3) is 0 Å². The Bertz CT molecular complexity index is 839. The Hall–Kier alpha value is -2.78. The lowest BCUT2D eigenvalue weighted by molar-refractivity contribution is 0.959. The lowest BCUT2D eigenvalue weighted by Gasteiger charge is -2.03. The SMILES string of the molecule is Cc1ccc(C#Cc2ccc(CCc3ccc(C)cc3)cc2)cc1. The molecule has 0 aliphatic heterocycles. The summed E-state index contributed by atoms with van der Waals surface area (Å²) in [7, 11) is 0. The minimum absolute atomic E-state index is 1.06. The van der Waals surface area contributed by atoms with Crippen LogP contribution in [0, 0.1) is 25.7 Å². The first kappa shape index (κ1) is 16.1. The van der Waals surface area contributed by atoms with Gasteiger partial charge < -0.3 is 0 Å². The van der Waals surface area contributed by atoms with E-state index in [1.165, 1.54) is 22.3 Å². The summed E-state index contributed by atoms with van der Waals surface area (Å²) in [6.07, 6.45) is 2.14. The Morgan fingerprint density at radius 1 is 0.500 bits per heavy atom. The third kappa shape index (κ3) is 4.61. The van der Waals surface area contributed by atoms with E-state index in [1.807, 2.05) is 0 Å². The maximum Gasteiger partial charge on any atom is 0.0249 e. The Morgan fingerprint density at radius 3 is 1.29 bits per heavy atom. The molecule has 0 fully saturated rings. The predicted octanol–water partition coefficient (Wildman–Crippen LogP) is 5.49. The van der Waals surface area contributed by atoms with Gasteiger partial charge in [0.2, 0.25) is 0 Å². The molecule has 0 aromatic heterocycles. The van der Waals surface area contributed by atoms with E-state index in [9.17, 15) is 0 Å². The summed E-state index contributed by atoms with van der Waals surface area (Å²) < 4.78 is 0. The fourth-order valence-electron chi connectivity index (χ4n) is 2.58. The Kier molecular flexibility index (Phi) is 5.14. The summed E-state index contributed by atoms with van der Waals surface area (Å²) in [6.45, 7) is 4.21. The number of hydrogen-bond donors (Lipinski definition) is 0. The van der Waals surface area contributed by atoms with Gasteiger partial charge in [-0.15, -0.1) is 0 Å². The van der Waals surface area contributed by atoms with Gasteiger partial charge >= 0.3 is 0 Å². The van der Waals surface area contributed by atoms with Crippen molar-refractivity contribution in [3.8, 4) is 11.8 Å². The van der Waals surface area contributed by atoms with E-state index >= 15 is 0 Å². The Balaban J connectivity index is 1.61. The second kappa shape index (κ2) is 7.66. The van der Waals surface area contributed by atoms with Gasteiger partial charge in [0.1, 0.15) is 0 Å². The molecule has 0 spiro atoms. The zero-order chi connectivity index (χ0) is 16.8. The van der Waals surface area contributed by atoms with Gasteiger partial charge in [0.15, 0.2) is 0 Å². The van der Waals surface area contributed by atoms with Crippen LogP contribution in [0.1, 0.15) is 33.4 Å². The number of rotatable bonds is 3. The van der Waals surface area contributed by atoms with Crippen LogP contribution in [0.4, 0.5) is 0 Å². The van der Waals surface area contributed by atoms with Gasteiger partial charge in [-0.25, -0.2) is 0 Å². The monoisotopic (exact) mass is 310 g/mol. The molecule has 0 N–H and O–H groups in total. The van der Waals surface area contributed by atoms with Crippen LogP contribution >= 0.6 is 0 Å². The van der Waals surface area contributed by atoms with Gasteiger partial charge in [0, 0.05) is 11.1 Å². The molecule has 0 heteroatoms. The molecule has 0 bridgehead atoms. The van der Waals surface area contributed by atoms with Crippen molar-refractivity contribution in [1.29, 1.82) is 0 Å². The van der Waals surface area contributed by atoms with Gasteiger partial charge in [0.25, 0.3) is 0 Å². The summed E-state index contributed by atoms with van der Waals surface area (Å²) in [5, 5.41) is 0. The van der Waals surface area contributed by atoms with Gasteiger partial charge in [-0.3, -0.25) is 0 Å². The van der Waals surface area contributed by atoms with E-state index in [2.05, 4.69) is 98.5 Å². The van der Waals surface area contributed by atoms with Crippen molar-refractivity contribution in [1.82, 2.24) is 0 Å². The standard InChI is InChI=1S/C24H22/c1-19-3-7-21(8-4-19)11-13-23-15-17-24(18-16-23)14-12-22-9-5-20(2)6-10-22/h3-10,15-18H,11,13H2,1-2H3. The highest BCUT2D eigenvalue weighted by atomic mass is 14.0. The topological polar surface area (TPSA) is 0 Å². The number of aryl methyl sites for hydroxylation is 4. The molecule has 0 saturated carbocycles. The molecule has 0 amide bonds. The van der Waals surface area contributed by atoms with Gasteiger partial charge in [0.05, 0.1) is 0 Å². The fraction of sp³-hybridized carbons (Fsp3) is 0.167. The first-order valence-electron chi connectivity index (χ1n) is 8.42. The molecule has 0 heterocycles. The van der Waals surface area contributed by atoms with Crippen LogP contribution in [0.5, 0.6) is 0 Å². The van der Waals surface area contributed by atoms with E-state index < -0.39 is 0 Å². The summed E-state index contributed by atoms with van der Waals surface area (Å²) in [5.74, 6) is 6.46. The summed E-state index contributed by atoms with van der Waals surface area (Å²) >= 11 is 0. The first-order chi connectivity index (χ1) is 11.7. The molecule has 0 aliphatic carbocycles. The van der Waals surface area contributed by atoms with Crippen LogP contribution in [0.2, 0.25) is 0 Å². The Morgan fingerprint density at radius 2 is 0.833 bits per heavy atom. The van der Waals surface area contributed by atoms with Crippen molar-refractivity contribution < 1.29 is 0 Å². The molecule has 3 aromatic carbocycles. The predicted molar refractivity (Wildman–Crippen MR) is 102 cm³/mol. The summed E-state index contributed by atoms with van der Waals surface area (Å²) in [4.78, 5) is 0. The van der Waals surface area contributed by atoms with Crippen molar-refractivity contribution in [3.63, 3.8) is 0 Å². The van der Waals surface area contributed by atoms with Crippen molar-refractivity contribution in [2.24, 2.45) is 0 Å². The highest BCUT2D eigenvalue weighted by Crippen LogP contribution is 2.10. The maximum atomic E-state index is 3.24. The summed E-state index contributed by atoms with van der Waals surface area (Å²) in [6, 6.07) is 25.7. The molecular formula is C24H22. The minimum atomic E-state index is 1.06. The first-order valence-corrected chi connectivity index (χ1v) is 8.42. The molecule has 24 heavy (non-hydrogen) atoms. The van der Waals surface area contributed by atoms with Crippen LogP contribution in [0.3, 0.4) is 0 Å². The molecule has 0 unspecified atom stereocenters. The van der Waals surface area contributed by atoms with Gasteiger partial charge in [-0.05, 0) is 62.1 Å². The lowest BCUT2D eigenvalue weighted by Crippen LogP contribution is -1.91. The molecule has 3 aromatic rings. The molecule has 118 valence electrons. The van der Waals surface area contributed by atoms with Crippen LogP contribution in [-0.4, -0.2) is 0 Å². The zero-order valence-corrected chi connectivity index (χ0v) is 14.3. The third-order valence-corrected chi connectivity index (χ3v) is 4.18. The minimum Gasteiger partial charge on any atom is -0.0617 e. The average Bonchev–Trinajstić information content (AvgIpc) is 2.62. The fourth-order valence-corrected chi connectivity index (χ4v) is 2.58. The normalized spacial score (nSPS) is 10.1. The maximum absolute atomic E-state index is 3.24. The lowest BCUT2D eigenvalue weighted by atomic mass is 10.0. The summed E-state index contributed by atoms with van der Waals surface area (Å²) in [5.41, 5.74) is 7.45. The van der Waals surface area contributed by atoms with Crippen molar-refractivity contribution >= 4 is 0 Å². The Labute approximate surface area is 145 Å². The average molecular weight is 310 g/mol. The van der Waals surface area contributed by atoms with E-state index in [0.717, 1.165) is 24.0 Å². The van der Waals surface area contributed by atoms with Crippen molar-refractivity contribution in [2.75, 3.05) is 0 Å². The molecule has 0 aliphatic rings. The quantitative estimate of drug-likeness (QED) is 0.561. The molecule has 0 nitrogen and oxygen atoms in total. The van der Waals surface area contributed by atoms with Crippen LogP contribution in [0.15, 0.2) is 72.8 Å². The molecular weight excluding hydrogens is 288 g/mol. The molecule has 3 rings (SSSR count). The second-order valence-corrected chi connectivity index (χ2v) is 6.30. The molecule has 0 radical (unpaired) electrons. The largest absolute Gasteiger partial charge is 0.0617 e. The van der Waals surface area contributed by atoms with E-state index in [1.54, 1.807) is 0 Å². The van der Waals surface area contributed by atoms with E-state index in [4.69, 9.17) is 0 Å². The second-order valence-electron chi connectivity index (χ2n) is 6.30. The van der Waals surface area contributed by atoms with Crippen molar-refractivity contribution in [3.05, 3.63) is 106 Å². The van der Waals surface area contributed by atoms with Gasteiger partial charge in [-0.2, -0.15) is 0 Å². The third-order valence-electron chi connectivity index (χ3n) is 4.18. The number of benzene rings is 3. The van der Waals surface area contributed by atoms with Crippen molar-refractivity contribution in [2.45, 2.75) is 26.7 Å². The number of hydrogen-bond acceptors (Lipinski definition) is 0. The van der Waals surface area contributed by atoms with E-state index in [-0.39, 0.29) is 0 Å². The van der Waals surface area contributed by atoms with Gasteiger partial charge in [-0.1, -0.05) is 71.5 Å². The van der Waals surface area contributed by atoms with E-state index in [0.29, 0.717) is 0 Å². The molecule has 0 saturated heterocycles. The van der Waals surface area contributed by atoms with Crippen LogP contribution in [-0.2, 0) is 12.8 Å². The van der Waals surface area contributed by atoms with Crippen LogP contribution < -0.4 is 0 Å². The smallest absolute Gasteiger partial charge is 0.0249 e.